The Balaban J connectivity index is 2.35. The largest absolute Gasteiger partial charge is 0.493 e. The zero-order valence-electron chi connectivity index (χ0n) is 16.3. The van der Waals surface area contributed by atoms with E-state index in [1.165, 1.54) is 13.2 Å². The Morgan fingerprint density at radius 2 is 2.00 bits per heavy atom. The Morgan fingerprint density at radius 1 is 1.25 bits per heavy atom. The Hall–Kier alpha value is -2.91. The molecule has 0 saturated carbocycles. The molecule has 6 nitrogen and oxygen atoms in total. The molecule has 0 atom stereocenters. The van der Waals surface area contributed by atoms with Crippen LogP contribution in [0.2, 0.25) is 5.02 Å². The number of nitriles is 1. The van der Waals surface area contributed by atoms with Crippen LogP contribution in [0.15, 0.2) is 30.3 Å². The minimum absolute atomic E-state index is 0.0897. The number of anilines is 1. The highest BCUT2D eigenvalue weighted by Crippen LogP contribution is 2.37. The Labute approximate surface area is 170 Å². The number of hydrogen-bond donors (Lipinski definition) is 1. The van der Waals surface area contributed by atoms with Crippen molar-refractivity contribution < 1.29 is 19.0 Å². The predicted octanol–water partition coefficient (Wildman–Crippen LogP) is 5.05. The van der Waals surface area contributed by atoms with E-state index in [2.05, 4.69) is 11.4 Å². The van der Waals surface area contributed by atoms with E-state index in [0.717, 1.165) is 6.42 Å². The van der Waals surface area contributed by atoms with Crippen molar-refractivity contribution in [2.24, 2.45) is 0 Å². The normalized spacial score (nSPS) is 10.3. The summed E-state index contributed by atoms with van der Waals surface area (Å²) in [7, 11) is 1.48. The zero-order valence-corrected chi connectivity index (χ0v) is 17.1. The van der Waals surface area contributed by atoms with E-state index < -0.39 is 5.91 Å². The van der Waals surface area contributed by atoms with E-state index >= 15 is 0 Å². The van der Waals surface area contributed by atoms with Crippen LogP contribution < -0.4 is 19.5 Å². The number of carbonyl (C=O) groups is 1. The van der Waals surface area contributed by atoms with Crippen molar-refractivity contribution in [3.05, 3.63) is 46.5 Å². The van der Waals surface area contributed by atoms with Crippen LogP contribution in [0.5, 0.6) is 17.2 Å². The molecule has 0 saturated heterocycles. The highest BCUT2D eigenvalue weighted by molar-refractivity contribution is 6.32. The van der Waals surface area contributed by atoms with Gasteiger partial charge >= 0.3 is 0 Å². The smallest absolute Gasteiger partial charge is 0.255 e. The molecular weight excluding hydrogens is 380 g/mol. The topological polar surface area (TPSA) is 80.6 Å². The molecule has 0 aliphatic heterocycles. The molecule has 148 valence electrons. The molecule has 0 aliphatic carbocycles. The van der Waals surface area contributed by atoms with Gasteiger partial charge in [-0.15, -0.1) is 0 Å². The molecule has 0 aromatic heterocycles. The molecule has 0 unspecified atom stereocenters. The molecule has 0 heterocycles. The fourth-order valence-electron chi connectivity index (χ4n) is 2.44. The van der Waals surface area contributed by atoms with Crippen LogP contribution in [0.1, 0.15) is 43.1 Å². The molecule has 1 amide bonds. The quantitative estimate of drug-likeness (QED) is 0.668. The van der Waals surface area contributed by atoms with Crippen molar-refractivity contribution in [1.29, 1.82) is 5.26 Å². The molecular formula is C21H23ClN2O4. The van der Waals surface area contributed by atoms with Gasteiger partial charge in [-0.2, -0.15) is 5.26 Å². The molecule has 1 N–H and O–H groups in total. The van der Waals surface area contributed by atoms with Gasteiger partial charge in [0.25, 0.3) is 5.91 Å². The maximum atomic E-state index is 12.8. The third-order valence-corrected chi connectivity index (χ3v) is 3.94. The Morgan fingerprint density at radius 3 is 2.61 bits per heavy atom. The summed E-state index contributed by atoms with van der Waals surface area (Å²) in [6.45, 7) is 6.22. The highest BCUT2D eigenvalue weighted by atomic mass is 35.5. The summed E-state index contributed by atoms with van der Waals surface area (Å²) in [6, 6.07) is 9.98. The van der Waals surface area contributed by atoms with Crippen LogP contribution in [0.3, 0.4) is 0 Å². The second-order valence-electron chi connectivity index (χ2n) is 6.28. The summed E-state index contributed by atoms with van der Waals surface area (Å²) in [5.74, 6) is 0.836. The summed E-state index contributed by atoms with van der Waals surface area (Å²) < 4.78 is 16.6. The van der Waals surface area contributed by atoms with Crippen molar-refractivity contribution >= 4 is 23.2 Å². The minimum atomic E-state index is -0.411. The summed E-state index contributed by atoms with van der Waals surface area (Å²) in [6.07, 6.45) is 0.725. The molecule has 28 heavy (non-hydrogen) atoms. The number of halogens is 1. The van der Waals surface area contributed by atoms with E-state index in [1.807, 2.05) is 20.8 Å². The number of hydrogen-bond acceptors (Lipinski definition) is 5. The molecule has 2 rings (SSSR count). The molecule has 0 fully saturated rings. The van der Waals surface area contributed by atoms with Crippen LogP contribution >= 0.6 is 11.6 Å². The van der Waals surface area contributed by atoms with Gasteiger partial charge in [0.2, 0.25) is 0 Å². The summed E-state index contributed by atoms with van der Waals surface area (Å²) in [5.41, 5.74) is 1.10. The van der Waals surface area contributed by atoms with E-state index in [-0.39, 0.29) is 11.1 Å². The maximum Gasteiger partial charge on any atom is 0.255 e. The molecule has 0 radical (unpaired) electrons. The van der Waals surface area contributed by atoms with Gasteiger partial charge in [-0.3, -0.25) is 4.79 Å². The Kier molecular flexibility index (Phi) is 7.53. The van der Waals surface area contributed by atoms with Crippen molar-refractivity contribution in [1.82, 2.24) is 0 Å². The second-order valence-corrected chi connectivity index (χ2v) is 6.69. The number of benzene rings is 2. The molecule has 0 aliphatic rings. The number of nitrogens with zero attached hydrogens (tertiary/aromatic N) is 1. The standard InChI is InChI=1S/C21H23ClN2O4/c1-5-8-27-20-16(22)10-15(11-19(20)26-4)21(25)24-17-9-14(12-23)6-7-18(17)28-13(2)3/h6-7,9-11,13H,5,8H2,1-4H3,(H,24,25). The van der Waals surface area contributed by atoms with Crippen LogP contribution in [0.4, 0.5) is 5.69 Å². The average molecular weight is 403 g/mol. The lowest BCUT2D eigenvalue weighted by Crippen LogP contribution is -2.15. The lowest BCUT2D eigenvalue weighted by atomic mass is 10.1. The van der Waals surface area contributed by atoms with E-state index in [1.54, 1.807) is 24.3 Å². The summed E-state index contributed by atoms with van der Waals surface area (Å²) in [5, 5.41) is 12.2. The lowest BCUT2D eigenvalue weighted by molar-refractivity contribution is 0.102. The predicted molar refractivity (Wildman–Crippen MR) is 109 cm³/mol. The van der Waals surface area contributed by atoms with Gasteiger partial charge in [-0.25, -0.2) is 0 Å². The number of ether oxygens (including phenoxy) is 3. The third-order valence-electron chi connectivity index (χ3n) is 3.66. The third kappa shape index (κ3) is 5.30. The van der Waals surface area contributed by atoms with Crippen molar-refractivity contribution in [2.75, 3.05) is 19.0 Å². The van der Waals surface area contributed by atoms with Gasteiger partial charge in [0, 0.05) is 5.56 Å². The first kappa shape index (κ1) is 21.4. The van der Waals surface area contributed by atoms with Gasteiger partial charge < -0.3 is 19.5 Å². The zero-order chi connectivity index (χ0) is 20.7. The van der Waals surface area contributed by atoms with Gasteiger partial charge in [0.05, 0.1) is 42.2 Å². The summed E-state index contributed by atoms with van der Waals surface area (Å²) >= 11 is 6.29. The monoisotopic (exact) mass is 402 g/mol. The molecule has 7 heteroatoms. The second kappa shape index (κ2) is 9.86. The van der Waals surface area contributed by atoms with Crippen LogP contribution in [0.25, 0.3) is 0 Å². The molecule has 0 spiro atoms. The van der Waals surface area contributed by atoms with Gasteiger partial charge in [0.15, 0.2) is 11.5 Å². The van der Waals surface area contributed by atoms with Crippen LogP contribution in [-0.2, 0) is 0 Å². The average Bonchev–Trinajstić information content (AvgIpc) is 2.67. The number of carbonyl (C=O) groups excluding carboxylic acids is 1. The number of methoxy groups -OCH3 is 1. The van der Waals surface area contributed by atoms with Crippen molar-refractivity contribution in [2.45, 2.75) is 33.3 Å². The fourth-order valence-corrected chi connectivity index (χ4v) is 2.71. The van der Waals surface area contributed by atoms with Gasteiger partial charge in [-0.05, 0) is 50.6 Å². The molecule has 0 bridgehead atoms. The van der Waals surface area contributed by atoms with Gasteiger partial charge in [-0.1, -0.05) is 18.5 Å². The Bertz CT molecular complexity index is 891. The molecule has 2 aromatic rings. The fraction of sp³-hybridized carbons (Fsp3) is 0.333. The first-order chi connectivity index (χ1) is 13.4. The van der Waals surface area contributed by atoms with E-state index in [4.69, 9.17) is 31.1 Å². The number of rotatable bonds is 8. The minimum Gasteiger partial charge on any atom is -0.493 e. The van der Waals surface area contributed by atoms with Crippen LogP contribution in [-0.4, -0.2) is 25.7 Å². The van der Waals surface area contributed by atoms with Crippen molar-refractivity contribution in [3.63, 3.8) is 0 Å². The van der Waals surface area contributed by atoms with E-state index in [0.29, 0.717) is 40.7 Å². The maximum absolute atomic E-state index is 12.8. The van der Waals surface area contributed by atoms with Crippen molar-refractivity contribution in [3.8, 4) is 23.3 Å². The van der Waals surface area contributed by atoms with Gasteiger partial charge in [0.1, 0.15) is 5.75 Å². The van der Waals surface area contributed by atoms with E-state index in [9.17, 15) is 4.79 Å². The number of amides is 1. The first-order valence-electron chi connectivity index (χ1n) is 8.92. The van der Waals surface area contributed by atoms with Crippen LogP contribution in [0, 0.1) is 11.3 Å². The number of nitrogens with one attached hydrogen (secondary N) is 1. The summed E-state index contributed by atoms with van der Waals surface area (Å²) in [4.78, 5) is 12.8. The SMILES string of the molecule is CCCOc1c(Cl)cc(C(=O)Nc2cc(C#N)ccc2OC(C)C)cc1OC. The lowest BCUT2D eigenvalue weighted by Gasteiger charge is -2.16. The first-order valence-corrected chi connectivity index (χ1v) is 9.29. The highest BCUT2D eigenvalue weighted by Gasteiger charge is 2.18. The molecule has 2 aromatic carbocycles.